The van der Waals surface area contributed by atoms with Crippen molar-refractivity contribution in [3.05, 3.63) is 71.8 Å². The highest BCUT2D eigenvalue weighted by Crippen LogP contribution is 2.20. The normalized spacial score (nSPS) is 11.6. The summed E-state index contributed by atoms with van der Waals surface area (Å²) in [5.41, 5.74) is 1.77. The summed E-state index contributed by atoms with van der Waals surface area (Å²) in [5, 5.41) is 17.6. The largest absolute Gasteiger partial charge is 0.502 e. The van der Waals surface area contributed by atoms with Gasteiger partial charge in [0, 0.05) is 23.5 Å². The van der Waals surface area contributed by atoms with Crippen molar-refractivity contribution in [2.45, 2.75) is 13.5 Å². The molecule has 0 radical (unpaired) electrons. The van der Waals surface area contributed by atoms with E-state index in [2.05, 4.69) is 0 Å². The molecular formula is C19H19NO5. The van der Waals surface area contributed by atoms with Crippen molar-refractivity contribution in [2.75, 3.05) is 6.61 Å². The summed E-state index contributed by atoms with van der Waals surface area (Å²) in [7, 11) is 0. The number of ketones is 1. The zero-order valence-electron chi connectivity index (χ0n) is 13.8. The first-order chi connectivity index (χ1) is 12.0. The van der Waals surface area contributed by atoms with Crippen LogP contribution in [0, 0.1) is 0 Å². The molecule has 25 heavy (non-hydrogen) atoms. The number of aliphatic carboxylic acids is 1. The fourth-order valence-electron chi connectivity index (χ4n) is 2.25. The molecule has 1 aromatic heterocycles. The van der Waals surface area contributed by atoms with Crippen molar-refractivity contribution in [2.24, 2.45) is 0 Å². The van der Waals surface area contributed by atoms with Gasteiger partial charge in [-0.3, -0.25) is 4.79 Å². The number of hydrogen-bond donors (Lipinski definition) is 2. The van der Waals surface area contributed by atoms with Crippen LogP contribution < -0.4 is 4.74 Å². The number of carboxylic acids is 1. The average molecular weight is 341 g/mol. The molecule has 0 aliphatic rings. The standard InChI is InChI=1S/C19H19NO5/c1-2-25-18-8-4-3-6-14(18)13-20-11-5-7-15(20)9-10-16(21)12-17(22)19(23)24/h3-12,22H,2,13H2,1H3,(H,23,24)/b10-9+,17-12-. The van der Waals surface area contributed by atoms with E-state index in [0.29, 0.717) is 19.2 Å². The van der Waals surface area contributed by atoms with Gasteiger partial charge in [-0.05, 0) is 37.3 Å². The molecule has 6 nitrogen and oxygen atoms in total. The monoisotopic (exact) mass is 341 g/mol. The fraction of sp³-hybridized carbons (Fsp3) is 0.158. The lowest BCUT2D eigenvalue weighted by Crippen LogP contribution is -2.04. The minimum atomic E-state index is -1.54. The lowest BCUT2D eigenvalue weighted by atomic mass is 10.2. The number of hydrogen-bond acceptors (Lipinski definition) is 4. The van der Waals surface area contributed by atoms with E-state index in [-0.39, 0.29) is 0 Å². The second-order valence-electron chi connectivity index (χ2n) is 5.17. The number of aliphatic hydroxyl groups excluding tert-OH is 1. The van der Waals surface area contributed by atoms with Crippen LogP contribution in [0.2, 0.25) is 0 Å². The molecule has 1 heterocycles. The highest BCUT2D eigenvalue weighted by atomic mass is 16.5. The van der Waals surface area contributed by atoms with Crippen molar-refractivity contribution in [1.29, 1.82) is 0 Å². The minimum Gasteiger partial charge on any atom is -0.502 e. The molecular weight excluding hydrogens is 322 g/mol. The zero-order chi connectivity index (χ0) is 18.2. The number of allylic oxidation sites excluding steroid dienone is 2. The number of nitrogens with zero attached hydrogens (tertiary/aromatic N) is 1. The number of rotatable bonds is 8. The number of carboxylic acid groups (broad SMARTS) is 1. The Bertz CT molecular complexity index is 817. The second-order valence-corrected chi connectivity index (χ2v) is 5.17. The summed E-state index contributed by atoms with van der Waals surface area (Å²) >= 11 is 0. The molecule has 2 N–H and O–H groups in total. The number of para-hydroxylation sites is 1. The van der Waals surface area contributed by atoms with Crippen molar-refractivity contribution in [3.63, 3.8) is 0 Å². The van der Waals surface area contributed by atoms with Gasteiger partial charge in [-0.1, -0.05) is 18.2 Å². The molecule has 0 fully saturated rings. The quantitative estimate of drug-likeness (QED) is 0.569. The van der Waals surface area contributed by atoms with E-state index in [9.17, 15) is 9.59 Å². The third-order valence-electron chi connectivity index (χ3n) is 3.39. The predicted molar refractivity (Wildman–Crippen MR) is 93.5 cm³/mol. The molecule has 130 valence electrons. The van der Waals surface area contributed by atoms with E-state index in [0.717, 1.165) is 17.0 Å². The molecule has 0 atom stereocenters. The first kappa shape index (κ1) is 18.1. The van der Waals surface area contributed by atoms with Gasteiger partial charge in [0.1, 0.15) is 5.75 Å². The Hall–Kier alpha value is -3.28. The molecule has 2 aromatic rings. The molecule has 6 heteroatoms. The summed E-state index contributed by atoms with van der Waals surface area (Å²) in [6.45, 7) is 3.06. The maximum atomic E-state index is 11.6. The van der Waals surface area contributed by atoms with Crippen LogP contribution in [-0.4, -0.2) is 33.1 Å². The van der Waals surface area contributed by atoms with E-state index < -0.39 is 17.5 Å². The SMILES string of the molecule is CCOc1ccccc1Cn1cccc1/C=C/C(=O)/C=C(\O)C(=O)O. The van der Waals surface area contributed by atoms with Gasteiger partial charge in [-0.2, -0.15) is 0 Å². The van der Waals surface area contributed by atoms with E-state index >= 15 is 0 Å². The van der Waals surface area contributed by atoms with Crippen LogP contribution in [0.15, 0.2) is 60.5 Å². The molecule has 0 aliphatic carbocycles. The summed E-state index contributed by atoms with van der Waals surface area (Å²) in [4.78, 5) is 22.1. The van der Waals surface area contributed by atoms with E-state index in [1.165, 1.54) is 6.08 Å². The Morgan fingerprint density at radius 3 is 2.64 bits per heavy atom. The Morgan fingerprint density at radius 1 is 1.16 bits per heavy atom. The van der Waals surface area contributed by atoms with Crippen molar-refractivity contribution in [1.82, 2.24) is 4.57 Å². The zero-order valence-corrected chi connectivity index (χ0v) is 13.8. The molecule has 0 bridgehead atoms. The van der Waals surface area contributed by atoms with Gasteiger partial charge >= 0.3 is 5.97 Å². The topological polar surface area (TPSA) is 88.8 Å². The van der Waals surface area contributed by atoms with Crippen LogP contribution in [0.3, 0.4) is 0 Å². The van der Waals surface area contributed by atoms with Crippen molar-refractivity contribution >= 4 is 17.8 Å². The number of ether oxygens (including phenoxy) is 1. The molecule has 0 saturated carbocycles. The lowest BCUT2D eigenvalue weighted by Gasteiger charge is -2.12. The number of carbonyl (C=O) groups excluding carboxylic acids is 1. The number of benzene rings is 1. The van der Waals surface area contributed by atoms with Gasteiger partial charge in [0.25, 0.3) is 0 Å². The van der Waals surface area contributed by atoms with Crippen LogP contribution in [0.25, 0.3) is 6.08 Å². The summed E-state index contributed by atoms with van der Waals surface area (Å²) in [6.07, 6.45) is 5.31. The van der Waals surface area contributed by atoms with Gasteiger partial charge in [0.05, 0.1) is 13.2 Å². The van der Waals surface area contributed by atoms with Crippen molar-refractivity contribution < 1.29 is 24.5 Å². The molecule has 0 spiro atoms. The minimum absolute atomic E-state index is 0.563. The summed E-state index contributed by atoms with van der Waals surface area (Å²) in [5.74, 6) is -2.34. The van der Waals surface area contributed by atoms with E-state index in [1.807, 2.05) is 54.1 Å². The first-order valence-electron chi connectivity index (χ1n) is 7.73. The molecule has 2 rings (SSSR count). The first-order valence-corrected chi connectivity index (χ1v) is 7.73. The van der Waals surface area contributed by atoms with Crippen LogP contribution in [-0.2, 0) is 16.1 Å². The average Bonchev–Trinajstić information content (AvgIpc) is 3.02. The van der Waals surface area contributed by atoms with Crippen LogP contribution in [0.5, 0.6) is 5.75 Å². The number of aliphatic hydroxyl groups is 1. The lowest BCUT2D eigenvalue weighted by molar-refractivity contribution is -0.135. The van der Waals surface area contributed by atoms with Crippen LogP contribution >= 0.6 is 0 Å². The third-order valence-corrected chi connectivity index (χ3v) is 3.39. The number of aromatic nitrogens is 1. The van der Waals surface area contributed by atoms with Crippen LogP contribution in [0.1, 0.15) is 18.2 Å². The molecule has 0 aliphatic heterocycles. The van der Waals surface area contributed by atoms with Crippen molar-refractivity contribution in [3.8, 4) is 5.75 Å². The van der Waals surface area contributed by atoms with E-state index in [4.69, 9.17) is 14.9 Å². The van der Waals surface area contributed by atoms with Crippen LogP contribution in [0.4, 0.5) is 0 Å². The van der Waals surface area contributed by atoms with Gasteiger partial charge in [-0.25, -0.2) is 4.79 Å². The molecule has 0 unspecified atom stereocenters. The molecule has 0 saturated heterocycles. The predicted octanol–water partition coefficient (Wildman–Crippen LogP) is 3.04. The Kier molecular flexibility index (Phi) is 6.17. The maximum absolute atomic E-state index is 11.6. The Morgan fingerprint density at radius 2 is 1.92 bits per heavy atom. The Labute approximate surface area is 145 Å². The maximum Gasteiger partial charge on any atom is 0.371 e. The van der Waals surface area contributed by atoms with E-state index in [1.54, 1.807) is 6.08 Å². The summed E-state index contributed by atoms with van der Waals surface area (Å²) < 4.78 is 7.55. The highest BCUT2D eigenvalue weighted by molar-refractivity contribution is 6.05. The van der Waals surface area contributed by atoms with Gasteiger partial charge < -0.3 is 19.5 Å². The van der Waals surface area contributed by atoms with Gasteiger partial charge in [-0.15, -0.1) is 0 Å². The highest BCUT2D eigenvalue weighted by Gasteiger charge is 2.07. The van der Waals surface area contributed by atoms with Gasteiger partial charge in [0.2, 0.25) is 5.76 Å². The molecule has 0 amide bonds. The molecule has 1 aromatic carbocycles. The number of carbonyl (C=O) groups is 2. The van der Waals surface area contributed by atoms with Gasteiger partial charge in [0.15, 0.2) is 5.78 Å². The smallest absolute Gasteiger partial charge is 0.371 e. The fourth-order valence-corrected chi connectivity index (χ4v) is 2.25. The third kappa shape index (κ3) is 5.10. The summed E-state index contributed by atoms with van der Waals surface area (Å²) in [6, 6.07) is 11.4. The Balaban J connectivity index is 2.16. The second kappa shape index (κ2) is 8.54.